The first kappa shape index (κ1) is 30.9. The fourth-order valence-electron chi connectivity index (χ4n) is 4.64. The van der Waals surface area contributed by atoms with Crippen LogP contribution in [0.25, 0.3) is 22.6 Å². The normalized spacial score (nSPS) is 12.8. The maximum absolute atomic E-state index is 13.2. The molecule has 0 bridgehead atoms. The average Bonchev–Trinajstić information content (AvgIpc) is 3.46. The number of aromatic hydroxyl groups is 1. The highest BCUT2D eigenvalue weighted by Crippen LogP contribution is 2.29. The molecule has 0 aliphatic rings. The zero-order valence-corrected chi connectivity index (χ0v) is 25.0. The molecule has 1 heterocycles. The van der Waals surface area contributed by atoms with Crippen molar-refractivity contribution in [2.45, 2.75) is 38.6 Å². The number of hydrogen-bond donors (Lipinski definition) is 3. The van der Waals surface area contributed by atoms with Crippen molar-refractivity contribution >= 4 is 17.3 Å². The van der Waals surface area contributed by atoms with Crippen LogP contribution in [0.2, 0.25) is 0 Å². The van der Waals surface area contributed by atoms with Crippen LogP contribution < -0.4 is 11.1 Å². The molecule has 3 aromatic carbocycles. The summed E-state index contributed by atoms with van der Waals surface area (Å²) >= 11 is 0. The fourth-order valence-corrected chi connectivity index (χ4v) is 4.64. The third-order valence-electron chi connectivity index (χ3n) is 7.21. The largest absolute Gasteiger partial charge is 0.508 e. The maximum atomic E-state index is 13.2. The molecule has 4 N–H and O–H groups in total. The van der Waals surface area contributed by atoms with E-state index in [0.717, 1.165) is 22.5 Å². The summed E-state index contributed by atoms with van der Waals surface area (Å²) in [6, 6.07) is 23.0. The van der Waals surface area contributed by atoms with Gasteiger partial charge in [-0.25, -0.2) is 4.68 Å². The lowest BCUT2D eigenvalue weighted by atomic mass is 9.87. The Bertz CT molecular complexity index is 1650. The van der Waals surface area contributed by atoms with Crippen LogP contribution in [0.3, 0.4) is 0 Å². The van der Waals surface area contributed by atoms with E-state index in [1.165, 1.54) is 5.56 Å². The number of Topliss-reactive ketones (excluding diaryl/α,β-unsaturated/α-hetero) is 2. The molecule has 0 radical (unpaired) electrons. The Hall–Kier alpha value is -5.01. The Balaban J connectivity index is 1.65. The first-order valence-electron chi connectivity index (χ1n) is 14.1. The highest BCUT2D eigenvalue weighted by atomic mass is 16.3. The first-order valence-corrected chi connectivity index (χ1v) is 14.1. The zero-order valence-electron chi connectivity index (χ0n) is 25.0. The Labute approximate surface area is 253 Å². The Morgan fingerprint density at radius 2 is 1.65 bits per heavy atom. The second-order valence-electron chi connectivity index (χ2n) is 11.3. The van der Waals surface area contributed by atoms with Gasteiger partial charge in [0.25, 0.3) is 0 Å². The van der Waals surface area contributed by atoms with Gasteiger partial charge in [0.2, 0.25) is 11.6 Å². The van der Waals surface area contributed by atoms with Gasteiger partial charge in [0.15, 0.2) is 0 Å². The third kappa shape index (κ3) is 7.45. The van der Waals surface area contributed by atoms with Gasteiger partial charge in [-0.2, -0.15) is 5.10 Å². The number of aromatic nitrogens is 2. The molecule has 220 valence electrons. The molecule has 7 heteroatoms. The molecular weight excluding hydrogens is 536 g/mol. The molecule has 4 aromatic rings. The van der Waals surface area contributed by atoms with Crippen LogP contribution in [-0.2, 0) is 16.6 Å². The summed E-state index contributed by atoms with van der Waals surface area (Å²) < 4.78 is 1.83. The van der Waals surface area contributed by atoms with Gasteiger partial charge in [-0.15, -0.1) is 0 Å². The molecule has 43 heavy (non-hydrogen) atoms. The van der Waals surface area contributed by atoms with Crippen molar-refractivity contribution in [3.8, 4) is 22.7 Å². The van der Waals surface area contributed by atoms with Crippen LogP contribution in [0.1, 0.15) is 48.0 Å². The summed E-state index contributed by atoms with van der Waals surface area (Å²) in [6.45, 7) is 10.2. The second-order valence-corrected chi connectivity index (χ2v) is 11.3. The van der Waals surface area contributed by atoms with Gasteiger partial charge in [0.1, 0.15) is 11.4 Å². The molecule has 1 aromatic heterocycles. The van der Waals surface area contributed by atoms with Crippen molar-refractivity contribution in [3.05, 3.63) is 132 Å². The second kappa shape index (κ2) is 13.3. The van der Waals surface area contributed by atoms with E-state index < -0.39 is 17.6 Å². The number of phenols is 1. The van der Waals surface area contributed by atoms with E-state index in [4.69, 9.17) is 10.8 Å². The molecular formula is C36H38N4O3. The number of likely N-dealkylation sites (N-methyl/N-ethyl adjacent to an activating group) is 1. The number of hydrogen-bond acceptors (Lipinski definition) is 6. The van der Waals surface area contributed by atoms with Crippen molar-refractivity contribution in [3.63, 3.8) is 0 Å². The van der Waals surface area contributed by atoms with Crippen LogP contribution >= 0.6 is 0 Å². The third-order valence-corrected chi connectivity index (χ3v) is 7.21. The van der Waals surface area contributed by atoms with Crippen molar-refractivity contribution in [1.82, 2.24) is 15.1 Å². The lowest BCUT2D eigenvalue weighted by Crippen LogP contribution is -2.40. The van der Waals surface area contributed by atoms with Gasteiger partial charge >= 0.3 is 0 Å². The Morgan fingerprint density at radius 3 is 2.23 bits per heavy atom. The number of carbonyl (C=O) groups excluding carboxylic acids is 2. The first-order chi connectivity index (χ1) is 20.5. The minimum Gasteiger partial charge on any atom is -0.508 e. The summed E-state index contributed by atoms with van der Waals surface area (Å²) in [6.07, 6.45) is 7.36. The van der Waals surface area contributed by atoms with E-state index in [-0.39, 0.29) is 11.2 Å². The summed E-state index contributed by atoms with van der Waals surface area (Å²) in [5.41, 5.74) is 12.3. The van der Waals surface area contributed by atoms with Crippen molar-refractivity contribution in [2.24, 2.45) is 5.73 Å². The lowest BCUT2D eigenvalue weighted by molar-refractivity contribution is -0.116. The molecule has 0 saturated heterocycles. The summed E-state index contributed by atoms with van der Waals surface area (Å²) in [4.78, 5) is 26.3. The molecule has 0 spiro atoms. The SMILES string of the molecule is C=C/C=C\C=C(/N)c1cc(-c2ccc(C(=O)C(=O)[C@H](Cc3ccc(O)cc3)NC)cc2)n(-c2ccc(C(C)(C)C)cc2)n1. The van der Waals surface area contributed by atoms with Crippen molar-refractivity contribution in [2.75, 3.05) is 7.05 Å². The molecule has 0 fully saturated rings. The van der Waals surface area contributed by atoms with Gasteiger partial charge in [0, 0.05) is 11.1 Å². The lowest BCUT2D eigenvalue weighted by Gasteiger charge is -2.19. The van der Waals surface area contributed by atoms with Crippen LogP contribution in [0.5, 0.6) is 5.75 Å². The van der Waals surface area contributed by atoms with Gasteiger partial charge in [-0.05, 0) is 66.4 Å². The van der Waals surface area contributed by atoms with Crippen molar-refractivity contribution in [1.29, 1.82) is 0 Å². The molecule has 7 nitrogen and oxygen atoms in total. The molecule has 4 rings (SSSR count). The van der Waals surface area contributed by atoms with Gasteiger partial charge in [-0.3, -0.25) is 9.59 Å². The molecule has 0 amide bonds. The summed E-state index contributed by atoms with van der Waals surface area (Å²) in [5, 5.41) is 17.3. The number of nitrogens with one attached hydrogen (secondary N) is 1. The standard InChI is InChI=1S/C36H38N4O3/c1-6-7-8-9-30(37)31-23-33(40(39-31)28-18-16-27(17-19-28)36(2,3)4)25-12-14-26(15-13-25)34(42)35(43)32(38-5)22-24-10-20-29(41)21-11-24/h6-21,23,32,38,41H,1,22,37H2,2-5H3/b8-7-,30-9-/t32-/m0/s1. The molecule has 0 aliphatic carbocycles. The fraction of sp³-hybridized carbons (Fsp3) is 0.194. The minimum atomic E-state index is -0.693. The smallest absolute Gasteiger partial charge is 0.230 e. The van der Waals surface area contributed by atoms with Crippen LogP contribution in [0.4, 0.5) is 0 Å². The van der Waals surface area contributed by atoms with Gasteiger partial charge in [0.05, 0.1) is 23.1 Å². The van der Waals surface area contributed by atoms with Gasteiger partial charge in [-0.1, -0.05) is 94.1 Å². The van der Waals surface area contributed by atoms with Gasteiger partial charge < -0.3 is 16.2 Å². The number of ketones is 2. The highest BCUT2D eigenvalue weighted by Gasteiger charge is 2.26. The topological polar surface area (TPSA) is 110 Å². The van der Waals surface area contributed by atoms with E-state index in [2.05, 4.69) is 44.8 Å². The zero-order chi connectivity index (χ0) is 31.1. The molecule has 0 unspecified atom stereocenters. The summed E-state index contributed by atoms with van der Waals surface area (Å²) in [5.74, 6) is -0.955. The number of phenolic OH excluding ortho intramolecular Hbond substituents is 1. The van der Waals surface area contributed by atoms with Crippen molar-refractivity contribution < 1.29 is 14.7 Å². The Morgan fingerprint density at radius 1 is 1.00 bits per heavy atom. The molecule has 0 aliphatic heterocycles. The molecule has 1 atom stereocenters. The van der Waals surface area contributed by atoms with E-state index in [9.17, 15) is 14.7 Å². The average molecular weight is 575 g/mol. The number of nitrogens with zero attached hydrogens (tertiary/aromatic N) is 2. The number of nitrogens with two attached hydrogens (primary N) is 1. The number of carbonyl (C=O) groups is 2. The van der Waals surface area contributed by atoms with Crippen LogP contribution in [-0.4, -0.2) is 39.5 Å². The number of benzene rings is 3. The van der Waals surface area contributed by atoms with Crippen LogP contribution in [0.15, 0.2) is 110 Å². The van der Waals surface area contributed by atoms with E-state index >= 15 is 0 Å². The highest BCUT2D eigenvalue weighted by molar-refractivity contribution is 6.45. The van der Waals surface area contributed by atoms with E-state index in [0.29, 0.717) is 23.4 Å². The van der Waals surface area contributed by atoms with E-state index in [1.54, 1.807) is 67.7 Å². The predicted octanol–water partition coefficient (Wildman–Crippen LogP) is 6.17. The minimum absolute atomic E-state index is 0.0114. The van der Waals surface area contributed by atoms with Crippen LogP contribution in [0, 0.1) is 0 Å². The maximum Gasteiger partial charge on any atom is 0.230 e. The van der Waals surface area contributed by atoms with E-state index in [1.807, 2.05) is 35.0 Å². The number of allylic oxidation sites excluding steroid dienone is 4. The summed E-state index contributed by atoms with van der Waals surface area (Å²) in [7, 11) is 1.65. The Kier molecular flexibility index (Phi) is 9.58. The molecule has 0 saturated carbocycles. The number of rotatable bonds is 11. The monoisotopic (exact) mass is 574 g/mol. The predicted molar refractivity (Wildman–Crippen MR) is 173 cm³/mol. The quantitative estimate of drug-likeness (QED) is 0.112.